The van der Waals surface area contributed by atoms with Crippen LogP contribution in [0.3, 0.4) is 0 Å². The third-order valence-corrected chi connectivity index (χ3v) is 5.64. The average Bonchev–Trinajstić information content (AvgIpc) is 2.69. The van der Waals surface area contributed by atoms with E-state index in [9.17, 15) is 4.57 Å². The Kier molecular flexibility index (Phi) is 6.40. The van der Waals surface area contributed by atoms with Crippen molar-refractivity contribution >= 4 is 14.0 Å². The van der Waals surface area contributed by atoms with E-state index in [-0.39, 0.29) is 0 Å². The lowest BCUT2D eigenvalue weighted by atomic mass is 10.1. The van der Waals surface area contributed by atoms with E-state index < -0.39 is 7.75 Å². The van der Waals surface area contributed by atoms with Crippen LogP contribution in [-0.2, 0) is 4.57 Å². The molecule has 0 atom stereocenters. The third kappa shape index (κ3) is 5.27. The van der Waals surface area contributed by atoms with E-state index in [1.807, 2.05) is 94.4 Å². The van der Waals surface area contributed by atoms with E-state index in [1.54, 1.807) is 6.21 Å². The van der Waals surface area contributed by atoms with E-state index >= 15 is 0 Å². The quantitative estimate of drug-likeness (QED) is 0.291. The van der Waals surface area contributed by atoms with Gasteiger partial charge in [-0.15, -0.1) is 0 Å². The zero-order chi connectivity index (χ0) is 20.9. The van der Waals surface area contributed by atoms with Gasteiger partial charge in [0.1, 0.15) is 11.5 Å². The van der Waals surface area contributed by atoms with Gasteiger partial charge in [0.25, 0.3) is 0 Å². The molecule has 0 spiro atoms. The Labute approximate surface area is 172 Å². The summed E-state index contributed by atoms with van der Waals surface area (Å²) in [5, 5.41) is 6.77. The maximum Gasteiger partial charge on any atom is 0.557 e. The number of para-hydroxylation sites is 2. The van der Waals surface area contributed by atoms with Crippen LogP contribution in [-0.4, -0.2) is 6.21 Å². The highest BCUT2D eigenvalue weighted by atomic mass is 31.2. The van der Waals surface area contributed by atoms with E-state index in [4.69, 9.17) is 9.05 Å². The first-order valence-electron chi connectivity index (χ1n) is 9.35. The highest BCUT2D eigenvalue weighted by Crippen LogP contribution is 2.48. The van der Waals surface area contributed by atoms with Crippen LogP contribution in [0.25, 0.3) is 0 Å². The summed E-state index contributed by atoms with van der Waals surface area (Å²) >= 11 is 0. The van der Waals surface area contributed by atoms with Gasteiger partial charge in [0.05, 0.1) is 6.21 Å². The maximum absolute atomic E-state index is 13.7. The van der Waals surface area contributed by atoms with Gasteiger partial charge in [-0.3, -0.25) is 0 Å². The summed E-state index contributed by atoms with van der Waals surface area (Å²) < 4.78 is 25.5. The van der Waals surface area contributed by atoms with Crippen molar-refractivity contribution in [2.75, 3.05) is 0 Å². The number of benzene rings is 3. The Morgan fingerprint density at radius 1 is 0.724 bits per heavy atom. The molecule has 0 aliphatic carbocycles. The van der Waals surface area contributed by atoms with Crippen molar-refractivity contribution in [1.82, 2.24) is 5.20 Å². The Balaban J connectivity index is 1.94. The number of nitrogens with zero attached hydrogens (tertiary/aromatic N) is 1. The normalized spacial score (nSPS) is 11.4. The minimum Gasteiger partial charge on any atom is -0.399 e. The summed E-state index contributed by atoms with van der Waals surface area (Å²) in [5.41, 5.74) is 4.33. The predicted molar refractivity (Wildman–Crippen MR) is 118 cm³/mol. The maximum atomic E-state index is 13.7. The van der Waals surface area contributed by atoms with E-state index in [0.717, 1.165) is 27.8 Å². The Bertz CT molecular complexity index is 967. The largest absolute Gasteiger partial charge is 0.557 e. The van der Waals surface area contributed by atoms with E-state index in [0.29, 0.717) is 11.5 Å². The fourth-order valence-electron chi connectivity index (χ4n) is 2.90. The van der Waals surface area contributed by atoms with Crippen molar-refractivity contribution in [3.63, 3.8) is 0 Å². The second-order valence-corrected chi connectivity index (χ2v) is 8.45. The van der Waals surface area contributed by atoms with Crippen LogP contribution in [0.2, 0.25) is 0 Å². The standard InChI is InChI=1S/C23H25N2O3P/c1-17-10-8-11-18(2)22(17)27-29(26,25-24-16-21-14-6-5-7-15-21)28-23-19(3)12-9-13-20(23)4/h5-16H,1-4H3,(H,25,26)/b24-16-. The molecule has 0 aliphatic rings. The lowest BCUT2D eigenvalue weighted by Crippen LogP contribution is -2.15. The number of hydrazone groups is 1. The van der Waals surface area contributed by atoms with Crippen LogP contribution in [0.5, 0.6) is 11.5 Å². The summed E-state index contributed by atoms with van der Waals surface area (Å²) in [6.07, 6.45) is 1.58. The van der Waals surface area contributed by atoms with Crippen LogP contribution < -0.4 is 14.2 Å². The van der Waals surface area contributed by atoms with Gasteiger partial charge < -0.3 is 9.05 Å². The third-order valence-electron chi connectivity index (χ3n) is 4.43. The van der Waals surface area contributed by atoms with Gasteiger partial charge in [0.2, 0.25) is 0 Å². The molecule has 0 fully saturated rings. The number of rotatable bonds is 7. The highest BCUT2D eigenvalue weighted by Gasteiger charge is 2.31. The van der Waals surface area contributed by atoms with Gasteiger partial charge in [-0.05, 0) is 55.5 Å². The summed E-state index contributed by atoms with van der Waals surface area (Å²) in [7, 11) is -3.86. The zero-order valence-corrected chi connectivity index (χ0v) is 17.9. The number of aryl methyl sites for hydroxylation is 4. The topological polar surface area (TPSA) is 59.9 Å². The summed E-state index contributed by atoms with van der Waals surface area (Å²) in [6, 6.07) is 21.0. The number of hydrogen-bond donors (Lipinski definition) is 1. The van der Waals surface area contributed by atoms with Crippen molar-refractivity contribution in [2.45, 2.75) is 27.7 Å². The molecular weight excluding hydrogens is 383 g/mol. The molecule has 0 aliphatic heterocycles. The first kappa shape index (κ1) is 20.7. The molecule has 0 aromatic heterocycles. The fourth-order valence-corrected chi connectivity index (χ4v) is 4.27. The Morgan fingerprint density at radius 3 is 1.62 bits per heavy atom. The van der Waals surface area contributed by atoms with Crippen LogP contribution in [0.15, 0.2) is 71.8 Å². The molecular formula is C23H25N2O3P. The van der Waals surface area contributed by atoms with Crippen molar-refractivity contribution < 1.29 is 13.6 Å². The highest BCUT2D eigenvalue weighted by molar-refractivity contribution is 7.52. The molecule has 1 N–H and O–H groups in total. The van der Waals surface area contributed by atoms with Gasteiger partial charge >= 0.3 is 7.75 Å². The lowest BCUT2D eigenvalue weighted by molar-refractivity contribution is 0.368. The van der Waals surface area contributed by atoms with Crippen LogP contribution in [0, 0.1) is 27.7 Å². The molecule has 0 bridgehead atoms. The number of hydrogen-bond acceptors (Lipinski definition) is 4. The minimum atomic E-state index is -3.86. The van der Waals surface area contributed by atoms with Crippen LogP contribution in [0.1, 0.15) is 27.8 Å². The van der Waals surface area contributed by atoms with Gasteiger partial charge in [-0.2, -0.15) is 10.3 Å². The minimum absolute atomic E-state index is 0.518. The zero-order valence-electron chi connectivity index (χ0n) is 17.0. The number of nitrogens with one attached hydrogen (secondary N) is 1. The molecule has 150 valence electrons. The molecule has 0 amide bonds. The molecule has 0 unspecified atom stereocenters. The first-order chi connectivity index (χ1) is 13.9. The van der Waals surface area contributed by atoms with Crippen molar-refractivity contribution in [2.24, 2.45) is 5.10 Å². The molecule has 0 saturated heterocycles. The van der Waals surface area contributed by atoms with Gasteiger partial charge in [-0.1, -0.05) is 66.7 Å². The van der Waals surface area contributed by atoms with Gasteiger partial charge in [0.15, 0.2) is 0 Å². The smallest absolute Gasteiger partial charge is 0.399 e. The summed E-state index contributed by atoms with van der Waals surface area (Å²) in [4.78, 5) is 0. The molecule has 0 radical (unpaired) electrons. The SMILES string of the molecule is Cc1cccc(C)c1OP(=O)(N/N=C\c1ccccc1)Oc1c(C)cccc1C. The van der Waals surface area contributed by atoms with Crippen molar-refractivity contribution in [1.29, 1.82) is 0 Å². The lowest BCUT2D eigenvalue weighted by Gasteiger charge is -2.22. The second-order valence-electron chi connectivity index (χ2n) is 6.89. The monoisotopic (exact) mass is 408 g/mol. The molecule has 3 rings (SSSR count). The molecule has 29 heavy (non-hydrogen) atoms. The molecule has 3 aromatic carbocycles. The molecule has 5 nitrogen and oxygen atoms in total. The van der Waals surface area contributed by atoms with Gasteiger partial charge in [-0.25, -0.2) is 4.57 Å². The second kappa shape index (κ2) is 8.97. The van der Waals surface area contributed by atoms with E-state index in [2.05, 4.69) is 10.3 Å². The summed E-state index contributed by atoms with van der Waals surface area (Å²) in [5.74, 6) is 1.04. The van der Waals surface area contributed by atoms with Crippen LogP contribution >= 0.6 is 7.75 Å². The molecule has 6 heteroatoms. The molecule has 3 aromatic rings. The Morgan fingerprint density at radius 2 is 1.17 bits per heavy atom. The summed E-state index contributed by atoms with van der Waals surface area (Å²) in [6.45, 7) is 7.61. The molecule has 0 heterocycles. The van der Waals surface area contributed by atoms with E-state index in [1.165, 1.54) is 0 Å². The van der Waals surface area contributed by atoms with Gasteiger partial charge in [0, 0.05) is 0 Å². The van der Waals surface area contributed by atoms with Crippen molar-refractivity contribution in [3.8, 4) is 11.5 Å². The fraction of sp³-hybridized carbons (Fsp3) is 0.174. The Hall–Kier alpha value is -3.04. The van der Waals surface area contributed by atoms with Crippen molar-refractivity contribution in [3.05, 3.63) is 94.5 Å². The predicted octanol–water partition coefficient (Wildman–Crippen LogP) is 6.11. The molecule has 0 saturated carbocycles. The first-order valence-corrected chi connectivity index (χ1v) is 10.9. The average molecular weight is 408 g/mol. The van der Waals surface area contributed by atoms with Crippen LogP contribution in [0.4, 0.5) is 0 Å².